The van der Waals surface area contributed by atoms with Gasteiger partial charge in [-0.25, -0.2) is 0 Å². The highest BCUT2D eigenvalue weighted by Gasteiger charge is 2.11. The third kappa shape index (κ3) is 4.67. The Kier molecular flexibility index (Phi) is 6.16. The number of para-hydroxylation sites is 1. The molecule has 2 N–H and O–H groups in total. The number of anilines is 1. The standard InChI is InChI=1S/C15H27N3/c1-13(2)12-18(10-9-17(3)4)15-8-6-5-7-14(15)11-16/h5-8,13H,9-12,16H2,1-4H3. The maximum Gasteiger partial charge on any atom is 0.0412 e. The van der Waals surface area contributed by atoms with E-state index in [1.807, 2.05) is 0 Å². The molecule has 0 aliphatic rings. The summed E-state index contributed by atoms with van der Waals surface area (Å²) in [6.45, 7) is 8.30. The molecule has 0 heterocycles. The maximum atomic E-state index is 5.84. The van der Waals surface area contributed by atoms with Crippen LogP contribution in [0.2, 0.25) is 0 Å². The number of likely N-dealkylation sites (N-methyl/N-ethyl adjacent to an activating group) is 1. The zero-order valence-electron chi connectivity index (χ0n) is 12.2. The minimum atomic E-state index is 0.604. The summed E-state index contributed by atoms with van der Waals surface area (Å²) in [7, 11) is 4.23. The molecule has 0 amide bonds. The van der Waals surface area contributed by atoms with Crippen molar-refractivity contribution in [3.63, 3.8) is 0 Å². The highest BCUT2D eigenvalue weighted by Crippen LogP contribution is 2.20. The second-order valence-corrected chi connectivity index (χ2v) is 5.48. The molecular formula is C15H27N3. The third-order valence-corrected chi connectivity index (χ3v) is 2.95. The van der Waals surface area contributed by atoms with E-state index in [1.165, 1.54) is 11.3 Å². The lowest BCUT2D eigenvalue weighted by atomic mass is 10.1. The van der Waals surface area contributed by atoms with Crippen LogP contribution in [0.5, 0.6) is 0 Å². The van der Waals surface area contributed by atoms with Crippen LogP contribution < -0.4 is 10.6 Å². The fraction of sp³-hybridized carbons (Fsp3) is 0.600. The second-order valence-electron chi connectivity index (χ2n) is 5.48. The Bertz CT molecular complexity index is 347. The molecular weight excluding hydrogens is 222 g/mol. The molecule has 3 nitrogen and oxygen atoms in total. The van der Waals surface area contributed by atoms with Crippen LogP contribution in [-0.4, -0.2) is 38.6 Å². The quantitative estimate of drug-likeness (QED) is 0.804. The van der Waals surface area contributed by atoms with E-state index in [0.29, 0.717) is 12.5 Å². The van der Waals surface area contributed by atoms with E-state index in [9.17, 15) is 0 Å². The van der Waals surface area contributed by atoms with Crippen LogP contribution in [0, 0.1) is 5.92 Å². The summed E-state index contributed by atoms with van der Waals surface area (Å²) in [4.78, 5) is 4.67. The van der Waals surface area contributed by atoms with Crippen LogP contribution in [0.4, 0.5) is 5.69 Å². The molecule has 0 atom stereocenters. The van der Waals surface area contributed by atoms with Gasteiger partial charge in [-0.2, -0.15) is 0 Å². The monoisotopic (exact) mass is 249 g/mol. The summed E-state index contributed by atoms with van der Waals surface area (Å²) >= 11 is 0. The van der Waals surface area contributed by atoms with Crippen molar-refractivity contribution in [3.05, 3.63) is 29.8 Å². The minimum Gasteiger partial charge on any atom is -0.370 e. The number of hydrogen-bond donors (Lipinski definition) is 1. The van der Waals surface area contributed by atoms with Crippen LogP contribution in [0.25, 0.3) is 0 Å². The molecule has 3 heteroatoms. The predicted molar refractivity (Wildman–Crippen MR) is 79.9 cm³/mol. The van der Waals surface area contributed by atoms with Gasteiger partial charge in [0.25, 0.3) is 0 Å². The Hall–Kier alpha value is -1.06. The van der Waals surface area contributed by atoms with E-state index < -0.39 is 0 Å². The minimum absolute atomic E-state index is 0.604. The molecule has 1 aromatic carbocycles. The number of nitrogens with two attached hydrogens (primary N) is 1. The molecule has 18 heavy (non-hydrogen) atoms. The molecule has 0 radical (unpaired) electrons. The van der Waals surface area contributed by atoms with Crippen molar-refractivity contribution in [2.75, 3.05) is 38.6 Å². The lowest BCUT2D eigenvalue weighted by molar-refractivity contribution is 0.409. The second kappa shape index (κ2) is 7.39. The van der Waals surface area contributed by atoms with E-state index in [1.54, 1.807) is 0 Å². The van der Waals surface area contributed by atoms with Crippen molar-refractivity contribution in [3.8, 4) is 0 Å². The Morgan fingerprint density at radius 3 is 2.33 bits per heavy atom. The van der Waals surface area contributed by atoms with Gasteiger partial charge in [-0.15, -0.1) is 0 Å². The number of nitrogens with zero attached hydrogens (tertiary/aromatic N) is 2. The number of hydrogen-bond acceptors (Lipinski definition) is 3. The summed E-state index contributed by atoms with van der Waals surface area (Å²) in [6, 6.07) is 8.46. The maximum absolute atomic E-state index is 5.84. The SMILES string of the molecule is CC(C)CN(CCN(C)C)c1ccccc1CN. The molecule has 1 rings (SSSR count). The van der Waals surface area contributed by atoms with E-state index in [2.05, 4.69) is 62.0 Å². The first-order valence-electron chi connectivity index (χ1n) is 6.72. The molecule has 0 aliphatic carbocycles. The predicted octanol–water partition coefficient (Wildman–Crippen LogP) is 2.17. The lowest BCUT2D eigenvalue weighted by Crippen LogP contribution is -2.35. The fourth-order valence-electron chi connectivity index (χ4n) is 2.06. The smallest absolute Gasteiger partial charge is 0.0412 e. The van der Waals surface area contributed by atoms with Gasteiger partial charge in [-0.1, -0.05) is 32.0 Å². The van der Waals surface area contributed by atoms with Crippen molar-refractivity contribution in [1.82, 2.24) is 4.90 Å². The van der Waals surface area contributed by atoms with Crippen LogP contribution in [0.3, 0.4) is 0 Å². The molecule has 0 aromatic heterocycles. The average molecular weight is 249 g/mol. The first-order valence-corrected chi connectivity index (χ1v) is 6.72. The van der Waals surface area contributed by atoms with Gasteiger partial charge in [0.05, 0.1) is 0 Å². The molecule has 102 valence electrons. The number of rotatable bonds is 7. The molecule has 0 saturated heterocycles. The molecule has 0 unspecified atom stereocenters. The molecule has 0 spiro atoms. The summed E-state index contributed by atoms with van der Waals surface area (Å²) in [6.07, 6.45) is 0. The highest BCUT2D eigenvalue weighted by molar-refractivity contribution is 5.53. The zero-order valence-corrected chi connectivity index (χ0v) is 12.2. The van der Waals surface area contributed by atoms with Gasteiger partial charge in [0.2, 0.25) is 0 Å². The number of benzene rings is 1. The van der Waals surface area contributed by atoms with E-state index >= 15 is 0 Å². The molecule has 0 aliphatic heterocycles. The van der Waals surface area contributed by atoms with Gasteiger partial charge < -0.3 is 15.5 Å². The average Bonchev–Trinajstić information content (AvgIpc) is 2.33. The first-order chi connectivity index (χ1) is 8.54. The van der Waals surface area contributed by atoms with Gasteiger partial charge in [0.1, 0.15) is 0 Å². The Labute approximate surface area is 112 Å². The van der Waals surface area contributed by atoms with Crippen molar-refractivity contribution in [1.29, 1.82) is 0 Å². The Balaban J connectivity index is 2.86. The topological polar surface area (TPSA) is 32.5 Å². The summed E-state index contributed by atoms with van der Waals surface area (Å²) in [5, 5.41) is 0. The van der Waals surface area contributed by atoms with Crippen LogP contribution in [0.1, 0.15) is 19.4 Å². The van der Waals surface area contributed by atoms with Gasteiger partial charge >= 0.3 is 0 Å². The van der Waals surface area contributed by atoms with Gasteiger partial charge in [0.15, 0.2) is 0 Å². The van der Waals surface area contributed by atoms with Crippen LogP contribution in [-0.2, 0) is 6.54 Å². The van der Waals surface area contributed by atoms with Crippen molar-refractivity contribution in [2.45, 2.75) is 20.4 Å². The normalized spacial score (nSPS) is 11.3. The fourth-order valence-corrected chi connectivity index (χ4v) is 2.06. The molecule has 0 saturated carbocycles. The van der Waals surface area contributed by atoms with Gasteiger partial charge in [0, 0.05) is 31.9 Å². The summed E-state index contributed by atoms with van der Waals surface area (Å²) < 4.78 is 0. The Morgan fingerprint density at radius 1 is 1.11 bits per heavy atom. The molecule has 1 aromatic rings. The largest absolute Gasteiger partial charge is 0.370 e. The van der Waals surface area contributed by atoms with Crippen LogP contribution in [0.15, 0.2) is 24.3 Å². The Morgan fingerprint density at radius 2 is 1.78 bits per heavy atom. The van der Waals surface area contributed by atoms with E-state index in [0.717, 1.165) is 19.6 Å². The first kappa shape index (κ1) is 15.0. The summed E-state index contributed by atoms with van der Waals surface area (Å²) in [5.74, 6) is 0.651. The highest BCUT2D eigenvalue weighted by atomic mass is 15.2. The summed E-state index contributed by atoms with van der Waals surface area (Å²) in [5.41, 5.74) is 8.36. The molecule has 0 fully saturated rings. The zero-order chi connectivity index (χ0) is 13.5. The van der Waals surface area contributed by atoms with Crippen molar-refractivity contribution >= 4 is 5.69 Å². The van der Waals surface area contributed by atoms with Crippen LogP contribution >= 0.6 is 0 Å². The molecule has 0 bridgehead atoms. The van der Waals surface area contributed by atoms with Crippen molar-refractivity contribution < 1.29 is 0 Å². The van der Waals surface area contributed by atoms with Gasteiger partial charge in [-0.3, -0.25) is 0 Å². The lowest BCUT2D eigenvalue weighted by Gasteiger charge is -2.29. The third-order valence-electron chi connectivity index (χ3n) is 2.95. The van der Waals surface area contributed by atoms with Gasteiger partial charge in [-0.05, 0) is 31.6 Å². The van der Waals surface area contributed by atoms with Crippen molar-refractivity contribution in [2.24, 2.45) is 11.7 Å². The van der Waals surface area contributed by atoms with E-state index in [4.69, 9.17) is 5.73 Å². The van der Waals surface area contributed by atoms with E-state index in [-0.39, 0.29) is 0 Å².